The lowest BCUT2D eigenvalue weighted by Gasteiger charge is -2.45. The minimum atomic E-state index is 0.567. The van der Waals surface area contributed by atoms with Crippen molar-refractivity contribution in [2.45, 2.75) is 47.5 Å². The Labute approximate surface area is 71.4 Å². The van der Waals surface area contributed by atoms with E-state index in [1.54, 1.807) is 0 Å². The van der Waals surface area contributed by atoms with Crippen LogP contribution in [0.15, 0.2) is 0 Å². The van der Waals surface area contributed by atoms with Gasteiger partial charge in [-0.25, -0.2) is 0 Å². The summed E-state index contributed by atoms with van der Waals surface area (Å²) in [7, 11) is 0. The molecule has 0 amide bonds. The molecule has 0 radical (unpaired) electrons. The van der Waals surface area contributed by atoms with Gasteiger partial charge in [0.25, 0.3) is 0 Å². The van der Waals surface area contributed by atoms with Crippen LogP contribution in [0.1, 0.15) is 47.5 Å². The summed E-state index contributed by atoms with van der Waals surface area (Å²) in [5, 5.41) is 0. The molecule has 0 aromatic carbocycles. The van der Waals surface area contributed by atoms with Crippen LogP contribution in [-0.2, 0) is 0 Å². The maximum absolute atomic E-state index is 2.43. The molecule has 0 nitrogen and oxygen atoms in total. The van der Waals surface area contributed by atoms with Gasteiger partial charge in [0.2, 0.25) is 0 Å². The normalized spacial score (nSPS) is 43.9. The van der Waals surface area contributed by atoms with Crippen LogP contribution in [0.3, 0.4) is 0 Å². The predicted octanol–water partition coefficient (Wildman–Crippen LogP) is 3.71. The minimum absolute atomic E-state index is 0.567. The van der Waals surface area contributed by atoms with E-state index < -0.39 is 0 Å². The highest BCUT2D eigenvalue weighted by atomic mass is 14.4. The van der Waals surface area contributed by atoms with Gasteiger partial charge in [-0.05, 0) is 29.6 Å². The Morgan fingerprint density at radius 1 is 1.00 bits per heavy atom. The van der Waals surface area contributed by atoms with Gasteiger partial charge in [-0.15, -0.1) is 0 Å². The van der Waals surface area contributed by atoms with E-state index in [2.05, 4.69) is 34.6 Å². The van der Waals surface area contributed by atoms with Crippen LogP contribution in [0.4, 0.5) is 0 Å². The van der Waals surface area contributed by atoms with Crippen LogP contribution in [0.25, 0.3) is 0 Å². The molecular formula is C11H22. The van der Waals surface area contributed by atoms with Crippen LogP contribution in [0, 0.1) is 23.2 Å². The molecule has 11 heavy (non-hydrogen) atoms. The molecule has 0 heteroatoms. The van der Waals surface area contributed by atoms with Crippen molar-refractivity contribution in [2.75, 3.05) is 0 Å². The fourth-order valence-corrected chi connectivity index (χ4v) is 2.32. The molecule has 3 atom stereocenters. The molecule has 0 bridgehead atoms. The van der Waals surface area contributed by atoms with Crippen molar-refractivity contribution in [1.29, 1.82) is 0 Å². The molecule has 1 saturated carbocycles. The van der Waals surface area contributed by atoms with Gasteiger partial charge in [-0.2, -0.15) is 0 Å². The van der Waals surface area contributed by atoms with Crippen molar-refractivity contribution < 1.29 is 0 Å². The third-order valence-corrected chi connectivity index (χ3v) is 4.35. The lowest BCUT2D eigenvalue weighted by atomic mass is 9.60. The highest BCUT2D eigenvalue weighted by molar-refractivity contribution is 4.87. The quantitative estimate of drug-likeness (QED) is 0.499. The molecule has 1 fully saturated rings. The van der Waals surface area contributed by atoms with E-state index in [4.69, 9.17) is 0 Å². The van der Waals surface area contributed by atoms with Gasteiger partial charge >= 0.3 is 0 Å². The number of hydrogen-bond donors (Lipinski definition) is 0. The molecule has 0 aromatic heterocycles. The molecular weight excluding hydrogens is 132 g/mol. The maximum atomic E-state index is 2.43. The topological polar surface area (TPSA) is 0 Å². The first-order valence-corrected chi connectivity index (χ1v) is 4.96. The van der Waals surface area contributed by atoms with Crippen molar-refractivity contribution in [3.05, 3.63) is 0 Å². The van der Waals surface area contributed by atoms with Gasteiger partial charge in [0.1, 0.15) is 0 Å². The molecule has 66 valence electrons. The fraction of sp³-hybridized carbons (Fsp3) is 1.00. The molecule has 0 aromatic rings. The van der Waals surface area contributed by atoms with Gasteiger partial charge in [0, 0.05) is 0 Å². The van der Waals surface area contributed by atoms with Gasteiger partial charge < -0.3 is 0 Å². The molecule has 0 unspecified atom stereocenters. The number of rotatable bonds is 0. The van der Waals surface area contributed by atoms with Crippen molar-refractivity contribution in [1.82, 2.24) is 0 Å². The summed E-state index contributed by atoms with van der Waals surface area (Å²) < 4.78 is 0. The SMILES string of the molecule is C[C@@H]1CC[C@@H](C)C(C)(C)[C@H]1C. The highest BCUT2D eigenvalue weighted by Gasteiger charge is 2.38. The van der Waals surface area contributed by atoms with Crippen LogP contribution in [-0.4, -0.2) is 0 Å². The predicted molar refractivity (Wildman–Crippen MR) is 50.5 cm³/mol. The van der Waals surface area contributed by atoms with Crippen molar-refractivity contribution in [3.63, 3.8) is 0 Å². The summed E-state index contributed by atoms with van der Waals surface area (Å²) in [4.78, 5) is 0. The van der Waals surface area contributed by atoms with Crippen LogP contribution in [0.2, 0.25) is 0 Å². The summed E-state index contributed by atoms with van der Waals surface area (Å²) in [5.74, 6) is 2.74. The van der Waals surface area contributed by atoms with Crippen LogP contribution >= 0.6 is 0 Å². The Bertz CT molecular complexity index is 135. The molecule has 0 aliphatic heterocycles. The molecule has 1 aliphatic carbocycles. The second-order valence-corrected chi connectivity index (χ2v) is 5.07. The Morgan fingerprint density at radius 2 is 1.55 bits per heavy atom. The van der Waals surface area contributed by atoms with Gasteiger partial charge in [-0.3, -0.25) is 0 Å². The monoisotopic (exact) mass is 154 g/mol. The van der Waals surface area contributed by atoms with E-state index in [-0.39, 0.29) is 0 Å². The van der Waals surface area contributed by atoms with Crippen molar-refractivity contribution in [3.8, 4) is 0 Å². The van der Waals surface area contributed by atoms with Crippen molar-refractivity contribution >= 4 is 0 Å². The standard InChI is InChI=1S/C11H22/c1-8-6-7-9(2)11(4,5)10(8)3/h8-10H,6-7H2,1-5H3/t8-,9-,10+/m1/s1. The van der Waals surface area contributed by atoms with E-state index >= 15 is 0 Å². The Hall–Kier alpha value is 0. The summed E-state index contributed by atoms with van der Waals surface area (Å²) in [6.45, 7) is 12.1. The van der Waals surface area contributed by atoms with Crippen LogP contribution < -0.4 is 0 Å². The first kappa shape index (κ1) is 9.09. The summed E-state index contributed by atoms with van der Waals surface area (Å²) >= 11 is 0. The Kier molecular flexibility index (Phi) is 2.32. The minimum Gasteiger partial charge on any atom is -0.0622 e. The molecule has 1 aliphatic rings. The van der Waals surface area contributed by atoms with E-state index in [0.29, 0.717) is 5.41 Å². The zero-order valence-corrected chi connectivity index (χ0v) is 8.65. The summed E-state index contributed by atoms with van der Waals surface area (Å²) in [5.41, 5.74) is 0.567. The summed E-state index contributed by atoms with van der Waals surface area (Å²) in [6.07, 6.45) is 2.87. The van der Waals surface area contributed by atoms with Gasteiger partial charge in [-0.1, -0.05) is 41.0 Å². The zero-order chi connectivity index (χ0) is 8.65. The molecule has 1 rings (SSSR count). The van der Waals surface area contributed by atoms with E-state index in [0.717, 1.165) is 17.8 Å². The molecule has 0 saturated heterocycles. The average Bonchev–Trinajstić information content (AvgIpc) is 1.95. The summed E-state index contributed by atoms with van der Waals surface area (Å²) in [6, 6.07) is 0. The molecule has 0 N–H and O–H groups in total. The molecule has 0 heterocycles. The molecule has 0 spiro atoms. The second kappa shape index (κ2) is 2.80. The second-order valence-electron chi connectivity index (χ2n) is 5.07. The Morgan fingerprint density at radius 3 is 2.00 bits per heavy atom. The highest BCUT2D eigenvalue weighted by Crippen LogP contribution is 2.46. The largest absolute Gasteiger partial charge is 0.0622 e. The van der Waals surface area contributed by atoms with Gasteiger partial charge in [0.05, 0.1) is 0 Å². The maximum Gasteiger partial charge on any atom is -0.0300 e. The third kappa shape index (κ3) is 1.45. The average molecular weight is 154 g/mol. The first-order valence-electron chi connectivity index (χ1n) is 4.96. The van der Waals surface area contributed by atoms with Gasteiger partial charge in [0.15, 0.2) is 0 Å². The zero-order valence-electron chi connectivity index (χ0n) is 8.65. The van der Waals surface area contributed by atoms with Crippen LogP contribution in [0.5, 0.6) is 0 Å². The Balaban J connectivity index is 2.72. The first-order chi connectivity index (χ1) is 4.96. The third-order valence-electron chi connectivity index (χ3n) is 4.35. The smallest absolute Gasteiger partial charge is 0.0300 e. The fourth-order valence-electron chi connectivity index (χ4n) is 2.32. The lowest BCUT2D eigenvalue weighted by Crippen LogP contribution is -2.37. The van der Waals surface area contributed by atoms with E-state index in [1.807, 2.05) is 0 Å². The van der Waals surface area contributed by atoms with Crippen molar-refractivity contribution in [2.24, 2.45) is 23.2 Å². The van der Waals surface area contributed by atoms with E-state index in [9.17, 15) is 0 Å². The lowest BCUT2D eigenvalue weighted by molar-refractivity contribution is 0.0406. The number of hydrogen-bond acceptors (Lipinski definition) is 0. The van der Waals surface area contributed by atoms with E-state index in [1.165, 1.54) is 12.8 Å².